The third-order valence-corrected chi connectivity index (χ3v) is 3.29. The number of carbonyl (C=O) groups is 1. The van der Waals surface area contributed by atoms with E-state index in [2.05, 4.69) is 36.2 Å². The Kier molecular flexibility index (Phi) is 5.54. The molecule has 1 rings (SSSR count). The standard InChI is InChI=1S/C11H20N4OS/c1-8(2)4-5-15(3)6-9-7-17-11(13-9)10(16)14-12/h7-8H,4-6,12H2,1-3H3,(H,14,16). The fourth-order valence-electron chi connectivity index (χ4n) is 1.38. The van der Waals surface area contributed by atoms with Gasteiger partial charge in [0.1, 0.15) is 0 Å². The number of rotatable bonds is 6. The summed E-state index contributed by atoms with van der Waals surface area (Å²) in [5, 5.41) is 2.32. The van der Waals surface area contributed by atoms with Crippen LogP contribution in [0.1, 0.15) is 35.8 Å². The van der Waals surface area contributed by atoms with Crippen molar-refractivity contribution in [3.63, 3.8) is 0 Å². The van der Waals surface area contributed by atoms with Gasteiger partial charge in [0.2, 0.25) is 0 Å². The number of hydrogen-bond acceptors (Lipinski definition) is 5. The number of hydrogen-bond donors (Lipinski definition) is 2. The molecule has 0 aromatic carbocycles. The third kappa shape index (κ3) is 4.80. The number of hydrazine groups is 1. The highest BCUT2D eigenvalue weighted by atomic mass is 32.1. The van der Waals surface area contributed by atoms with Crippen molar-refractivity contribution < 1.29 is 4.79 Å². The van der Waals surface area contributed by atoms with Crippen LogP contribution < -0.4 is 11.3 Å². The fraction of sp³-hybridized carbons (Fsp3) is 0.636. The number of nitrogen functional groups attached to an aromatic ring is 1. The van der Waals surface area contributed by atoms with Gasteiger partial charge < -0.3 is 4.90 Å². The first-order valence-electron chi connectivity index (χ1n) is 5.66. The molecule has 3 N–H and O–H groups in total. The maximum absolute atomic E-state index is 11.2. The Morgan fingerprint density at radius 1 is 1.65 bits per heavy atom. The molecule has 1 aromatic rings. The predicted molar refractivity (Wildman–Crippen MR) is 69.6 cm³/mol. The Hall–Kier alpha value is -0.980. The number of aromatic nitrogens is 1. The molecule has 0 atom stereocenters. The minimum absolute atomic E-state index is 0.328. The molecule has 0 radical (unpaired) electrons. The minimum atomic E-state index is -0.328. The highest BCUT2D eigenvalue weighted by Gasteiger charge is 2.10. The lowest BCUT2D eigenvalue weighted by Gasteiger charge is -2.16. The van der Waals surface area contributed by atoms with E-state index >= 15 is 0 Å². The SMILES string of the molecule is CC(C)CCN(C)Cc1csc(C(=O)NN)n1. The Morgan fingerprint density at radius 2 is 2.35 bits per heavy atom. The Labute approximate surface area is 106 Å². The summed E-state index contributed by atoms with van der Waals surface area (Å²) in [6.45, 7) is 6.22. The van der Waals surface area contributed by atoms with Crippen molar-refractivity contribution in [1.82, 2.24) is 15.3 Å². The van der Waals surface area contributed by atoms with E-state index in [9.17, 15) is 4.79 Å². The summed E-state index contributed by atoms with van der Waals surface area (Å²) in [6.07, 6.45) is 1.16. The second-order valence-corrected chi connectivity index (χ2v) is 5.40. The number of amides is 1. The van der Waals surface area contributed by atoms with Crippen LogP contribution in [-0.2, 0) is 6.54 Å². The van der Waals surface area contributed by atoms with E-state index in [4.69, 9.17) is 5.84 Å². The Bertz CT molecular complexity index is 364. The van der Waals surface area contributed by atoms with Gasteiger partial charge in [-0.3, -0.25) is 10.2 Å². The lowest BCUT2D eigenvalue weighted by Crippen LogP contribution is -2.30. The van der Waals surface area contributed by atoms with Gasteiger partial charge in [-0.15, -0.1) is 11.3 Å². The van der Waals surface area contributed by atoms with Gasteiger partial charge in [-0.05, 0) is 25.9 Å². The van der Waals surface area contributed by atoms with Crippen molar-refractivity contribution in [3.8, 4) is 0 Å². The van der Waals surface area contributed by atoms with Crippen LogP contribution in [0.3, 0.4) is 0 Å². The normalized spacial score (nSPS) is 11.2. The quantitative estimate of drug-likeness (QED) is 0.456. The third-order valence-electron chi connectivity index (χ3n) is 2.40. The van der Waals surface area contributed by atoms with Crippen molar-refractivity contribution in [2.24, 2.45) is 11.8 Å². The monoisotopic (exact) mass is 256 g/mol. The molecule has 1 heterocycles. The van der Waals surface area contributed by atoms with E-state index in [1.54, 1.807) is 0 Å². The topological polar surface area (TPSA) is 71.2 Å². The summed E-state index contributed by atoms with van der Waals surface area (Å²) in [5.41, 5.74) is 3.00. The number of thiazole rings is 1. The first-order valence-corrected chi connectivity index (χ1v) is 6.54. The minimum Gasteiger partial charge on any atom is -0.301 e. The van der Waals surface area contributed by atoms with Gasteiger partial charge >= 0.3 is 0 Å². The smallest absolute Gasteiger partial charge is 0.294 e. The molecule has 0 unspecified atom stereocenters. The van der Waals surface area contributed by atoms with Gasteiger partial charge in [-0.2, -0.15) is 0 Å². The van der Waals surface area contributed by atoms with Crippen LogP contribution in [0.5, 0.6) is 0 Å². The first kappa shape index (κ1) is 14.1. The van der Waals surface area contributed by atoms with Gasteiger partial charge in [0, 0.05) is 11.9 Å². The van der Waals surface area contributed by atoms with E-state index in [0.717, 1.165) is 25.2 Å². The van der Waals surface area contributed by atoms with Gasteiger partial charge in [0.25, 0.3) is 5.91 Å². The highest BCUT2D eigenvalue weighted by molar-refractivity contribution is 7.11. The number of carbonyl (C=O) groups excluding carboxylic acids is 1. The molecule has 0 spiro atoms. The molecule has 0 aliphatic rings. The summed E-state index contributed by atoms with van der Waals surface area (Å²) in [7, 11) is 2.06. The van der Waals surface area contributed by atoms with E-state index < -0.39 is 0 Å². The largest absolute Gasteiger partial charge is 0.301 e. The molecule has 1 amide bonds. The van der Waals surface area contributed by atoms with E-state index in [1.165, 1.54) is 11.3 Å². The molecule has 0 fully saturated rings. The molecule has 96 valence electrons. The van der Waals surface area contributed by atoms with Crippen molar-refractivity contribution in [2.45, 2.75) is 26.8 Å². The molecule has 17 heavy (non-hydrogen) atoms. The van der Waals surface area contributed by atoms with Crippen LogP contribution in [0.4, 0.5) is 0 Å². The Balaban J connectivity index is 2.46. The molecule has 0 saturated carbocycles. The number of nitrogens with two attached hydrogens (primary N) is 1. The maximum Gasteiger partial charge on any atom is 0.294 e. The van der Waals surface area contributed by atoms with Crippen LogP contribution in [-0.4, -0.2) is 29.4 Å². The first-order chi connectivity index (χ1) is 8.02. The van der Waals surface area contributed by atoms with Gasteiger partial charge in [0.05, 0.1) is 5.69 Å². The molecule has 1 aromatic heterocycles. The zero-order valence-corrected chi connectivity index (χ0v) is 11.4. The molecular formula is C11H20N4OS. The molecule has 0 aliphatic heterocycles. The molecule has 0 bridgehead atoms. The van der Waals surface area contributed by atoms with E-state index in [-0.39, 0.29) is 5.91 Å². The molecule has 6 heteroatoms. The van der Waals surface area contributed by atoms with Gasteiger partial charge in [0.15, 0.2) is 5.01 Å². The fourth-order valence-corrected chi connectivity index (χ4v) is 2.09. The second kappa shape index (κ2) is 6.68. The predicted octanol–water partition coefficient (Wildman–Crippen LogP) is 1.22. The highest BCUT2D eigenvalue weighted by Crippen LogP contribution is 2.11. The van der Waals surface area contributed by atoms with Crippen molar-refractivity contribution in [3.05, 3.63) is 16.1 Å². The van der Waals surface area contributed by atoms with E-state index in [1.807, 2.05) is 5.38 Å². The van der Waals surface area contributed by atoms with Crippen LogP contribution in [0, 0.1) is 5.92 Å². The van der Waals surface area contributed by atoms with Gasteiger partial charge in [-0.25, -0.2) is 10.8 Å². The number of nitrogens with one attached hydrogen (secondary N) is 1. The molecular weight excluding hydrogens is 236 g/mol. The Morgan fingerprint density at radius 3 is 2.94 bits per heavy atom. The maximum atomic E-state index is 11.2. The zero-order chi connectivity index (χ0) is 12.8. The lowest BCUT2D eigenvalue weighted by molar-refractivity contribution is 0.0953. The summed E-state index contributed by atoms with van der Waals surface area (Å²) in [6, 6.07) is 0. The zero-order valence-electron chi connectivity index (χ0n) is 10.6. The summed E-state index contributed by atoms with van der Waals surface area (Å²) >= 11 is 1.32. The van der Waals surface area contributed by atoms with E-state index in [0.29, 0.717) is 10.9 Å². The van der Waals surface area contributed by atoms with Crippen molar-refractivity contribution >= 4 is 17.2 Å². The van der Waals surface area contributed by atoms with Crippen LogP contribution in [0.25, 0.3) is 0 Å². The second-order valence-electron chi connectivity index (χ2n) is 4.54. The molecule has 0 saturated heterocycles. The summed E-state index contributed by atoms with van der Waals surface area (Å²) in [4.78, 5) is 17.7. The average Bonchev–Trinajstić information content (AvgIpc) is 2.73. The lowest BCUT2D eigenvalue weighted by atomic mass is 10.1. The van der Waals surface area contributed by atoms with Gasteiger partial charge in [-0.1, -0.05) is 13.8 Å². The summed E-state index contributed by atoms with van der Waals surface area (Å²) < 4.78 is 0. The van der Waals surface area contributed by atoms with Crippen molar-refractivity contribution in [2.75, 3.05) is 13.6 Å². The average molecular weight is 256 g/mol. The molecule has 5 nitrogen and oxygen atoms in total. The summed E-state index contributed by atoms with van der Waals surface area (Å²) in [5.74, 6) is 5.43. The van der Waals surface area contributed by atoms with Crippen LogP contribution >= 0.6 is 11.3 Å². The molecule has 0 aliphatic carbocycles. The van der Waals surface area contributed by atoms with Crippen LogP contribution in [0.2, 0.25) is 0 Å². The van der Waals surface area contributed by atoms with Crippen molar-refractivity contribution in [1.29, 1.82) is 0 Å². The number of nitrogens with zero attached hydrogens (tertiary/aromatic N) is 2. The van der Waals surface area contributed by atoms with Crippen LogP contribution in [0.15, 0.2) is 5.38 Å².